The molecule has 0 atom stereocenters. The Hall–Kier alpha value is -2.27. The van der Waals surface area contributed by atoms with Crippen molar-refractivity contribution in [3.63, 3.8) is 0 Å². The topological polar surface area (TPSA) is 125 Å². The average molecular weight is 473 g/mol. The van der Waals surface area contributed by atoms with Crippen molar-refractivity contribution in [1.29, 1.82) is 0 Å². The number of nitrogens with two attached hydrogens (primary N) is 1. The minimum absolute atomic E-state index is 0.0323. The standard InChI is InChI=1S/C16H11BrClN3O5S/c17-11-3-1-2-9(6-11)15-20-14(26-21-15)8-25-16(22)10-4-5-12(18)13(7-10)27(19,23)24/h1-7H,8H2,(H2,19,23,24). The van der Waals surface area contributed by atoms with Crippen molar-refractivity contribution in [3.05, 3.63) is 63.4 Å². The van der Waals surface area contributed by atoms with Crippen LogP contribution < -0.4 is 5.14 Å². The van der Waals surface area contributed by atoms with Crippen molar-refractivity contribution in [2.24, 2.45) is 5.14 Å². The molecular weight excluding hydrogens is 462 g/mol. The van der Waals surface area contributed by atoms with E-state index in [0.717, 1.165) is 16.1 Å². The van der Waals surface area contributed by atoms with Gasteiger partial charge < -0.3 is 9.26 Å². The molecule has 0 aliphatic rings. The summed E-state index contributed by atoms with van der Waals surface area (Å²) in [7, 11) is -4.07. The van der Waals surface area contributed by atoms with Gasteiger partial charge in [-0.2, -0.15) is 4.98 Å². The molecule has 27 heavy (non-hydrogen) atoms. The minimum Gasteiger partial charge on any atom is -0.452 e. The molecular formula is C16H11BrClN3O5S. The van der Waals surface area contributed by atoms with Crippen molar-refractivity contribution >= 4 is 43.5 Å². The van der Waals surface area contributed by atoms with Crippen LogP contribution in [0.2, 0.25) is 5.02 Å². The van der Waals surface area contributed by atoms with E-state index in [-0.39, 0.29) is 28.0 Å². The lowest BCUT2D eigenvalue weighted by Gasteiger charge is -2.05. The van der Waals surface area contributed by atoms with Gasteiger partial charge in [-0.3, -0.25) is 0 Å². The Labute approximate surface area is 167 Å². The summed E-state index contributed by atoms with van der Waals surface area (Å²) in [5.41, 5.74) is 0.691. The van der Waals surface area contributed by atoms with E-state index in [1.54, 1.807) is 6.07 Å². The van der Waals surface area contributed by atoms with Crippen LogP contribution in [0.3, 0.4) is 0 Å². The summed E-state index contributed by atoms with van der Waals surface area (Å²) in [4.78, 5) is 15.9. The number of carbonyl (C=O) groups is 1. The third-order valence-corrected chi connectivity index (χ3v) is 5.24. The molecule has 0 amide bonds. The molecule has 0 saturated heterocycles. The maximum atomic E-state index is 12.1. The van der Waals surface area contributed by atoms with Crippen molar-refractivity contribution < 1.29 is 22.5 Å². The van der Waals surface area contributed by atoms with Crippen molar-refractivity contribution in [2.75, 3.05) is 0 Å². The number of aromatic nitrogens is 2. The van der Waals surface area contributed by atoms with Gasteiger partial charge in [0.15, 0.2) is 6.61 Å². The lowest BCUT2D eigenvalue weighted by molar-refractivity contribution is 0.0429. The lowest BCUT2D eigenvalue weighted by atomic mass is 10.2. The quantitative estimate of drug-likeness (QED) is 0.565. The van der Waals surface area contributed by atoms with E-state index in [0.29, 0.717) is 5.82 Å². The zero-order valence-corrected chi connectivity index (χ0v) is 16.6. The number of hydrogen-bond acceptors (Lipinski definition) is 7. The van der Waals surface area contributed by atoms with E-state index in [2.05, 4.69) is 26.1 Å². The third kappa shape index (κ3) is 4.72. The molecule has 140 valence electrons. The van der Waals surface area contributed by atoms with Gasteiger partial charge in [0.1, 0.15) is 4.90 Å². The molecule has 2 N–H and O–H groups in total. The molecule has 8 nitrogen and oxygen atoms in total. The van der Waals surface area contributed by atoms with Crippen LogP contribution in [0, 0.1) is 0 Å². The van der Waals surface area contributed by atoms with Crippen molar-refractivity contribution in [2.45, 2.75) is 11.5 Å². The fourth-order valence-corrected chi connectivity index (χ4v) is 3.59. The second-order valence-corrected chi connectivity index (χ2v) is 8.14. The molecule has 11 heteroatoms. The molecule has 2 aromatic carbocycles. The van der Waals surface area contributed by atoms with Gasteiger partial charge in [-0.15, -0.1) is 0 Å². The number of ether oxygens (including phenoxy) is 1. The molecule has 0 aliphatic carbocycles. The Balaban J connectivity index is 1.72. The predicted octanol–water partition coefficient (Wildman–Crippen LogP) is 3.16. The van der Waals surface area contributed by atoms with Gasteiger partial charge in [0.05, 0.1) is 10.6 Å². The van der Waals surface area contributed by atoms with Gasteiger partial charge in [0, 0.05) is 10.0 Å². The summed E-state index contributed by atoms with van der Waals surface area (Å²) in [6.07, 6.45) is 0. The monoisotopic (exact) mass is 471 g/mol. The molecule has 3 aromatic rings. The number of halogens is 2. The lowest BCUT2D eigenvalue weighted by Crippen LogP contribution is -2.14. The summed E-state index contributed by atoms with van der Waals surface area (Å²) in [5, 5.41) is 8.79. The van der Waals surface area contributed by atoms with E-state index >= 15 is 0 Å². The van der Waals surface area contributed by atoms with Crippen LogP contribution in [-0.2, 0) is 21.4 Å². The van der Waals surface area contributed by atoms with Gasteiger partial charge in [0.2, 0.25) is 15.8 Å². The predicted molar refractivity (Wildman–Crippen MR) is 99.4 cm³/mol. The maximum Gasteiger partial charge on any atom is 0.338 e. The molecule has 3 rings (SSSR count). The van der Waals surface area contributed by atoms with Crippen LogP contribution in [0.15, 0.2) is 56.4 Å². The van der Waals surface area contributed by atoms with Gasteiger partial charge in [-0.25, -0.2) is 18.4 Å². The summed E-state index contributed by atoms with van der Waals surface area (Å²) in [6.45, 7) is -0.285. The summed E-state index contributed by atoms with van der Waals surface area (Å²) < 4.78 is 33.9. The normalized spacial score (nSPS) is 11.4. The van der Waals surface area contributed by atoms with Crippen LogP contribution in [0.1, 0.15) is 16.2 Å². The van der Waals surface area contributed by atoms with E-state index in [9.17, 15) is 13.2 Å². The molecule has 1 heterocycles. The summed E-state index contributed by atoms with van der Waals surface area (Å²) in [5.74, 6) is -0.372. The number of rotatable bonds is 5. The zero-order valence-electron chi connectivity index (χ0n) is 13.4. The van der Waals surface area contributed by atoms with E-state index in [4.69, 9.17) is 26.0 Å². The summed E-state index contributed by atoms with van der Waals surface area (Å²) >= 11 is 9.13. The minimum atomic E-state index is -4.07. The largest absolute Gasteiger partial charge is 0.452 e. The smallest absolute Gasteiger partial charge is 0.338 e. The molecule has 0 radical (unpaired) electrons. The van der Waals surface area contributed by atoms with Crippen LogP contribution >= 0.6 is 27.5 Å². The number of primary sulfonamides is 1. The van der Waals surface area contributed by atoms with Gasteiger partial charge >= 0.3 is 5.97 Å². The van der Waals surface area contributed by atoms with E-state index < -0.39 is 16.0 Å². The van der Waals surface area contributed by atoms with Gasteiger partial charge in [-0.1, -0.05) is 44.8 Å². The second kappa shape index (κ2) is 7.77. The second-order valence-electron chi connectivity index (χ2n) is 5.29. The van der Waals surface area contributed by atoms with Crippen molar-refractivity contribution in [3.8, 4) is 11.4 Å². The SMILES string of the molecule is NS(=O)(=O)c1cc(C(=O)OCc2nc(-c3cccc(Br)c3)no2)ccc1Cl. The summed E-state index contributed by atoms with van der Waals surface area (Å²) in [6, 6.07) is 10.9. The Morgan fingerprint density at radius 2 is 2.04 bits per heavy atom. The highest BCUT2D eigenvalue weighted by atomic mass is 79.9. The zero-order chi connectivity index (χ0) is 19.6. The highest BCUT2D eigenvalue weighted by Gasteiger charge is 2.18. The third-order valence-electron chi connectivity index (χ3n) is 3.35. The average Bonchev–Trinajstić information content (AvgIpc) is 3.08. The van der Waals surface area contributed by atoms with Crippen LogP contribution in [0.5, 0.6) is 0 Å². The number of benzene rings is 2. The van der Waals surface area contributed by atoms with Gasteiger partial charge in [0.25, 0.3) is 5.89 Å². The molecule has 0 aliphatic heterocycles. The highest BCUT2D eigenvalue weighted by Crippen LogP contribution is 2.23. The Morgan fingerprint density at radius 3 is 2.74 bits per heavy atom. The number of hydrogen-bond donors (Lipinski definition) is 1. The number of carbonyl (C=O) groups excluding carboxylic acids is 1. The molecule has 0 spiro atoms. The Bertz CT molecular complexity index is 1120. The number of nitrogens with zero attached hydrogens (tertiary/aromatic N) is 2. The first-order valence-electron chi connectivity index (χ1n) is 7.32. The highest BCUT2D eigenvalue weighted by molar-refractivity contribution is 9.10. The molecule has 0 bridgehead atoms. The fourth-order valence-electron chi connectivity index (χ4n) is 2.12. The van der Waals surface area contributed by atoms with Gasteiger partial charge in [-0.05, 0) is 30.3 Å². The Morgan fingerprint density at radius 1 is 1.26 bits per heavy atom. The van der Waals surface area contributed by atoms with E-state index in [1.165, 1.54) is 12.1 Å². The van der Waals surface area contributed by atoms with Crippen LogP contribution in [-0.4, -0.2) is 24.5 Å². The number of sulfonamides is 1. The van der Waals surface area contributed by atoms with Crippen molar-refractivity contribution in [1.82, 2.24) is 10.1 Å². The molecule has 0 unspecified atom stereocenters. The first kappa shape index (κ1) is 19.5. The first-order valence-corrected chi connectivity index (χ1v) is 10.0. The molecule has 0 saturated carbocycles. The maximum absolute atomic E-state index is 12.1. The number of esters is 1. The fraction of sp³-hybridized carbons (Fsp3) is 0.0625. The first-order chi connectivity index (χ1) is 12.7. The Kier molecular flexibility index (Phi) is 5.61. The molecule has 1 aromatic heterocycles. The molecule has 0 fully saturated rings. The van der Waals surface area contributed by atoms with E-state index in [1.807, 2.05) is 18.2 Å². The van der Waals surface area contributed by atoms with Crippen LogP contribution in [0.25, 0.3) is 11.4 Å². The van der Waals surface area contributed by atoms with Crippen LogP contribution in [0.4, 0.5) is 0 Å².